The van der Waals surface area contributed by atoms with Crippen molar-refractivity contribution < 1.29 is 18.4 Å². The van der Waals surface area contributed by atoms with Crippen molar-refractivity contribution in [1.82, 2.24) is 16.0 Å². The fourth-order valence-corrected chi connectivity index (χ4v) is 1.03. The first-order chi connectivity index (χ1) is 7.17. The Morgan fingerprint density at radius 3 is 2.00 bits per heavy atom. The molecule has 0 rings (SSSR count). The number of halogens is 2. The number of likely N-dealkylation sites (N-methyl/N-ethyl adjacent to an activating group) is 2. The smallest absolute Gasteiger partial charge is 0.278 e. The van der Waals surface area contributed by atoms with Gasteiger partial charge in [0.2, 0.25) is 5.79 Å². The van der Waals surface area contributed by atoms with Crippen molar-refractivity contribution in [2.75, 3.05) is 13.6 Å². The molecule has 5 nitrogen and oxygen atoms in total. The second kappa shape index (κ2) is 5.20. The summed E-state index contributed by atoms with van der Waals surface area (Å²) in [6.07, 6.45) is 0. The van der Waals surface area contributed by atoms with E-state index in [1.54, 1.807) is 12.2 Å². The van der Waals surface area contributed by atoms with Crippen LogP contribution in [0.3, 0.4) is 0 Å². The molecule has 0 aromatic rings. The van der Waals surface area contributed by atoms with Crippen LogP contribution in [-0.4, -0.2) is 37.0 Å². The van der Waals surface area contributed by atoms with E-state index in [1.807, 2.05) is 5.32 Å². The van der Waals surface area contributed by atoms with Gasteiger partial charge in [-0.3, -0.25) is 14.9 Å². The first-order valence-corrected chi connectivity index (χ1v) is 4.85. The first-order valence-electron chi connectivity index (χ1n) is 4.85. The van der Waals surface area contributed by atoms with E-state index in [0.717, 1.165) is 13.8 Å². The van der Waals surface area contributed by atoms with Crippen LogP contribution in [0.25, 0.3) is 0 Å². The van der Waals surface area contributed by atoms with Gasteiger partial charge in [-0.2, -0.15) is 0 Å². The topological polar surface area (TPSA) is 70.2 Å². The Hall–Kier alpha value is -1.24. The van der Waals surface area contributed by atoms with Crippen molar-refractivity contribution >= 4 is 11.8 Å². The molecular formula is C9H17F2N3O2. The van der Waals surface area contributed by atoms with E-state index in [1.165, 1.54) is 7.05 Å². The van der Waals surface area contributed by atoms with E-state index in [9.17, 15) is 18.4 Å². The number of hydrogen-bond acceptors (Lipinski definition) is 3. The second-order valence-electron chi connectivity index (χ2n) is 3.57. The summed E-state index contributed by atoms with van der Waals surface area (Å²) in [6.45, 7) is 3.58. The van der Waals surface area contributed by atoms with Crippen LogP contribution >= 0.6 is 0 Å². The highest BCUT2D eigenvalue weighted by atomic mass is 19.2. The van der Waals surface area contributed by atoms with Gasteiger partial charge >= 0.3 is 0 Å². The van der Waals surface area contributed by atoms with Gasteiger partial charge in [0.15, 0.2) is 0 Å². The Bertz CT molecular complexity index is 280. The third kappa shape index (κ3) is 3.73. The van der Waals surface area contributed by atoms with E-state index in [-0.39, 0.29) is 6.54 Å². The Morgan fingerprint density at radius 1 is 1.12 bits per heavy atom. The third-order valence-electron chi connectivity index (χ3n) is 1.94. The molecule has 7 heteroatoms. The molecule has 0 heterocycles. The summed E-state index contributed by atoms with van der Waals surface area (Å²) in [6, 6.07) is 0. The quantitative estimate of drug-likeness (QED) is 0.581. The summed E-state index contributed by atoms with van der Waals surface area (Å²) >= 11 is 0. The summed E-state index contributed by atoms with van der Waals surface area (Å²) < 4.78 is 27.1. The maximum absolute atomic E-state index is 13.6. The number of carbonyl (C=O) groups excluding carboxylic acids is 2. The van der Waals surface area contributed by atoms with Gasteiger partial charge in [-0.15, -0.1) is 0 Å². The van der Waals surface area contributed by atoms with Crippen molar-refractivity contribution in [3.63, 3.8) is 0 Å². The van der Waals surface area contributed by atoms with Crippen molar-refractivity contribution in [3.8, 4) is 0 Å². The van der Waals surface area contributed by atoms with Gasteiger partial charge in [-0.05, 0) is 20.4 Å². The molecule has 16 heavy (non-hydrogen) atoms. The molecule has 0 bridgehead atoms. The van der Waals surface area contributed by atoms with Crippen molar-refractivity contribution in [1.29, 1.82) is 0 Å². The maximum atomic E-state index is 13.6. The Labute approximate surface area is 93.0 Å². The van der Waals surface area contributed by atoms with Crippen LogP contribution < -0.4 is 16.0 Å². The molecule has 0 saturated carbocycles. The van der Waals surface area contributed by atoms with Gasteiger partial charge < -0.3 is 10.6 Å². The fourth-order valence-electron chi connectivity index (χ4n) is 1.03. The summed E-state index contributed by atoms with van der Waals surface area (Å²) in [5.74, 6) is -7.35. The summed E-state index contributed by atoms with van der Waals surface area (Å²) in [5, 5.41) is 5.92. The van der Waals surface area contributed by atoms with Gasteiger partial charge in [-0.25, -0.2) is 8.78 Å². The lowest BCUT2D eigenvalue weighted by Gasteiger charge is -2.26. The number of nitrogens with one attached hydrogen (secondary N) is 3. The maximum Gasteiger partial charge on any atom is 0.278 e. The highest BCUT2D eigenvalue weighted by Gasteiger charge is 2.40. The molecule has 0 unspecified atom stereocenters. The molecule has 0 fully saturated rings. The van der Waals surface area contributed by atoms with Crippen molar-refractivity contribution in [2.45, 2.75) is 32.4 Å². The van der Waals surface area contributed by atoms with Crippen LogP contribution in [-0.2, 0) is 9.59 Å². The number of alkyl halides is 2. The molecule has 3 N–H and O–H groups in total. The van der Waals surface area contributed by atoms with E-state index in [4.69, 9.17) is 0 Å². The van der Waals surface area contributed by atoms with Crippen LogP contribution in [0.4, 0.5) is 8.78 Å². The first kappa shape index (κ1) is 14.8. The predicted octanol–water partition coefficient (Wildman–Crippen LogP) is -0.170. The third-order valence-corrected chi connectivity index (χ3v) is 1.94. The lowest BCUT2D eigenvalue weighted by Crippen LogP contribution is -2.60. The zero-order valence-electron chi connectivity index (χ0n) is 9.78. The molecule has 0 saturated heterocycles. The summed E-state index contributed by atoms with van der Waals surface area (Å²) in [4.78, 5) is 22.3. The minimum Gasteiger partial charge on any atom is -0.355 e. The Balaban J connectivity index is 4.61. The van der Waals surface area contributed by atoms with E-state index in [2.05, 4.69) is 5.32 Å². The molecule has 94 valence electrons. The Morgan fingerprint density at radius 2 is 1.62 bits per heavy atom. The monoisotopic (exact) mass is 237 g/mol. The summed E-state index contributed by atoms with van der Waals surface area (Å²) in [7, 11) is 1.21. The highest BCUT2D eigenvalue weighted by molar-refractivity contribution is 5.92. The van der Waals surface area contributed by atoms with Crippen LogP contribution in [0.1, 0.15) is 20.8 Å². The SMILES string of the molecule is CCN[C@@](C)(F)C(=O)N[C@](C)(F)C(=O)NC. The van der Waals surface area contributed by atoms with E-state index >= 15 is 0 Å². The minimum atomic E-state index is -2.64. The largest absolute Gasteiger partial charge is 0.355 e. The van der Waals surface area contributed by atoms with Crippen LogP contribution in [0.15, 0.2) is 0 Å². The molecule has 0 radical (unpaired) electrons. The average molecular weight is 237 g/mol. The average Bonchev–Trinajstić information content (AvgIpc) is 2.15. The molecule has 0 aliphatic rings. The molecule has 0 aromatic carbocycles. The van der Waals surface area contributed by atoms with Crippen molar-refractivity contribution in [2.24, 2.45) is 0 Å². The number of amides is 2. The number of carbonyl (C=O) groups is 2. The minimum absolute atomic E-state index is 0.198. The number of rotatable bonds is 5. The van der Waals surface area contributed by atoms with Crippen LogP contribution in [0.2, 0.25) is 0 Å². The van der Waals surface area contributed by atoms with Crippen LogP contribution in [0, 0.1) is 0 Å². The van der Waals surface area contributed by atoms with Crippen molar-refractivity contribution in [3.05, 3.63) is 0 Å². The van der Waals surface area contributed by atoms with Gasteiger partial charge in [0.05, 0.1) is 0 Å². The normalized spacial score (nSPS) is 18.1. The van der Waals surface area contributed by atoms with E-state index < -0.39 is 23.4 Å². The highest BCUT2D eigenvalue weighted by Crippen LogP contribution is 2.11. The zero-order chi connectivity index (χ0) is 13.0. The standard InChI is InChI=1S/C9H17F2N3O2/c1-5-13-8(2,10)7(16)14-9(3,11)6(15)12-4/h13H,5H2,1-4H3,(H,12,15)(H,14,16)/t8-,9+/m1/s1. The Kier molecular flexibility index (Phi) is 4.80. The summed E-state index contributed by atoms with van der Waals surface area (Å²) in [5.41, 5.74) is 0. The predicted molar refractivity (Wildman–Crippen MR) is 54.9 cm³/mol. The van der Waals surface area contributed by atoms with Gasteiger partial charge in [0, 0.05) is 7.05 Å². The lowest BCUT2D eigenvalue weighted by molar-refractivity contribution is -0.145. The van der Waals surface area contributed by atoms with Crippen LogP contribution in [0.5, 0.6) is 0 Å². The molecule has 0 aliphatic heterocycles. The van der Waals surface area contributed by atoms with Gasteiger partial charge in [0.1, 0.15) is 0 Å². The molecule has 0 aliphatic carbocycles. The van der Waals surface area contributed by atoms with Gasteiger partial charge in [0.25, 0.3) is 17.6 Å². The fraction of sp³-hybridized carbons (Fsp3) is 0.778. The molecular weight excluding hydrogens is 220 g/mol. The lowest BCUT2D eigenvalue weighted by atomic mass is 10.2. The second-order valence-corrected chi connectivity index (χ2v) is 3.57. The molecule has 2 amide bonds. The molecule has 0 spiro atoms. The van der Waals surface area contributed by atoms with Gasteiger partial charge in [-0.1, -0.05) is 6.92 Å². The number of hydrogen-bond donors (Lipinski definition) is 3. The molecule has 0 aromatic heterocycles. The van der Waals surface area contributed by atoms with E-state index in [0.29, 0.717) is 0 Å². The molecule has 2 atom stereocenters. The zero-order valence-corrected chi connectivity index (χ0v) is 9.78.